The fourth-order valence-corrected chi connectivity index (χ4v) is 5.52. The summed E-state index contributed by atoms with van der Waals surface area (Å²) in [7, 11) is 0. The van der Waals surface area contributed by atoms with Gasteiger partial charge >= 0.3 is 6.18 Å². The normalized spacial score (nSPS) is 14.2. The third kappa shape index (κ3) is 13.1. The first-order chi connectivity index (χ1) is 24.2. The molecule has 3 rings (SSSR count). The van der Waals surface area contributed by atoms with Gasteiger partial charge in [-0.1, -0.05) is 72.8 Å². The molecule has 5 unspecified atom stereocenters. The summed E-state index contributed by atoms with van der Waals surface area (Å²) in [5.41, 5.74) is 7.88. The van der Waals surface area contributed by atoms with Crippen LogP contribution in [0.4, 0.5) is 13.2 Å². The highest BCUT2D eigenvalue weighted by Gasteiger charge is 2.44. The zero-order valence-corrected chi connectivity index (χ0v) is 28.9. The number of benzene rings is 3. The van der Waals surface area contributed by atoms with E-state index in [1.54, 1.807) is 54.6 Å². The van der Waals surface area contributed by atoms with Crippen molar-refractivity contribution in [1.82, 2.24) is 21.3 Å². The number of amides is 5. The number of nitrogens with two attached hydrogens (primary N) is 1. The predicted molar refractivity (Wildman–Crippen MR) is 188 cm³/mol. The summed E-state index contributed by atoms with van der Waals surface area (Å²) in [6.45, 7) is 1.21. The summed E-state index contributed by atoms with van der Waals surface area (Å²) in [5, 5.41) is 19.6. The number of alkyl halides is 3. The van der Waals surface area contributed by atoms with Crippen LogP contribution in [-0.2, 0) is 25.6 Å². The number of halogens is 3. The Morgan fingerprint density at radius 2 is 1.31 bits per heavy atom. The number of rotatable bonds is 18. The van der Waals surface area contributed by atoms with Gasteiger partial charge in [0, 0.05) is 18.4 Å². The van der Waals surface area contributed by atoms with Gasteiger partial charge in [-0.3, -0.25) is 24.0 Å². The maximum Gasteiger partial charge on any atom is 0.416 e. The van der Waals surface area contributed by atoms with Crippen molar-refractivity contribution in [2.45, 2.75) is 69.1 Å². The minimum atomic E-state index is -5.11. The second-order valence-electron chi connectivity index (χ2n) is 11.8. The molecule has 0 spiro atoms. The lowest BCUT2D eigenvalue weighted by molar-refractivity contribution is -0.212. The van der Waals surface area contributed by atoms with Crippen LogP contribution in [0, 0.1) is 0 Å². The highest BCUT2D eigenvalue weighted by molar-refractivity contribution is 7.98. The van der Waals surface area contributed by atoms with E-state index in [0.29, 0.717) is 16.9 Å². The molecule has 0 fully saturated rings. The summed E-state index contributed by atoms with van der Waals surface area (Å²) < 4.78 is 39.8. The zero-order valence-electron chi connectivity index (χ0n) is 28.1. The molecule has 3 aromatic carbocycles. The van der Waals surface area contributed by atoms with E-state index in [9.17, 15) is 42.3 Å². The van der Waals surface area contributed by atoms with Gasteiger partial charge in [0.05, 0.1) is 6.04 Å². The lowest BCUT2D eigenvalue weighted by atomic mass is 10.0. The quantitative estimate of drug-likeness (QED) is 0.116. The van der Waals surface area contributed by atoms with Gasteiger partial charge in [0.15, 0.2) is 6.10 Å². The van der Waals surface area contributed by atoms with Crippen LogP contribution >= 0.6 is 11.8 Å². The first kappa shape index (κ1) is 40.5. The average Bonchev–Trinajstić information content (AvgIpc) is 3.11. The Balaban J connectivity index is 1.75. The second-order valence-corrected chi connectivity index (χ2v) is 12.8. The van der Waals surface area contributed by atoms with E-state index in [1.165, 1.54) is 18.7 Å². The highest BCUT2D eigenvalue weighted by atomic mass is 32.2. The summed E-state index contributed by atoms with van der Waals surface area (Å²) in [6, 6.07) is 19.5. The Kier molecular flexibility index (Phi) is 15.5. The molecule has 274 valence electrons. The number of primary amides is 1. The summed E-state index contributed by atoms with van der Waals surface area (Å²) in [4.78, 5) is 64.5. The molecule has 5 amide bonds. The Morgan fingerprint density at radius 1 is 0.745 bits per heavy atom. The van der Waals surface area contributed by atoms with Crippen LogP contribution < -0.4 is 27.0 Å². The molecule has 0 radical (unpaired) electrons. The molecule has 0 saturated heterocycles. The second kappa shape index (κ2) is 19.5. The van der Waals surface area contributed by atoms with Crippen molar-refractivity contribution in [3.63, 3.8) is 0 Å². The topological polar surface area (TPSA) is 180 Å². The van der Waals surface area contributed by atoms with Gasteiger partial charge in [0.1, 0.15) is 18.1 Å². The lowest BCUT2D eigenvalue weighted by Gasteiger charge is -2.28. The first-order valence-corrected chi connectivity index (χ1v) is 17.5. The molecule has 0 aliphatic heterocycles. The summed E-state index contributed by atoms with van der Waals surface area (Å²) in [6.07, 6.45) is -7.21. The van der Waals surface area contributed by atoms with E-state index in [0.717, 1.165) is 11.1 Å². The fourth-order valence-electron chi connectivity index (χ4n) is 5.04. The Labute approximate surface area is 298 Å². The maximum absolute atomic E-state index is 13.7. The van der Waals surface area contributed by atoms with Crippen molar-refractivity contribution >= 4 is 41.3 Å². The smallest absolute Gasteiger partial charge is 0.382 e. The Morgan fingerprint density at radius 3 is 1.88 bits per heavy atom. The molecule has 3 aromatic rings. The van der Waals surface area contributed by atoms with Gasteiger partial charge in [-0.15, -0.1) is 0 Å². The van der Waals surface area contributed by atoms with Gasteiger partial charge < -0.3 is 32.1 Å². The molecule has 51 heavy (non-hydrogen) atoms. The lowest BCUT2D eigenvalue weighted by Crippen LogP contribution is -2.58. The molecule has 7 N–H and O–H groups in total. The number of thioether (sulfide) groups is 1. The third-order valence-electron chi connectivity index (χ3n) is 7.90. The Bertz CT molecular complexity index is 1610. The van der Waals surface area contributed by atoms with Crippen molar-refractivity contribution < 1.29 is 42.3 Å². The van der Waals surface area contributed by atoms with Crippen LogP contribution in [0.15, 0.2) is 84.9 Å². The van der Waals surface area contributed by atoms with Crippen molar-refractivity contribution in [3.8, 4) is 11.1 Å². The van der Waals surface area contributed by atoms with E-state index < -0.39 is 78.8 Å². The summed E-state index contributed by atoms with van der Waals surface area (Å²) in [5.74, 6) is -3.50. The molecule has 0 aliphatic carbocycles. The number of carbonyl (C=O) groups is 5. The molecule has 0 heterocycles. The van der Waals surface area contributed by atoms with Crippen LogP contribution in [0.3, 0.4) is 0 Å². The minimum absolute atomic E-state index is 0.0229. The molecule has 0 saturated carbocycles. The van der Waals surface area contributed by atoms with Crippen molar-refractivity contribution in [3.05, 3.63) is 96.1 Å². The molecule has 11 nitrogen and oxygen atoms in total. The number of carbonyl (C=O) groups excluding carboxylic acids is 5. The van der Waals surface area contributed by atoms with Gasteiger partial charge in [0.25, 0.3) is 5.91 Å². The van der Waals surface area contributed by atoms with Crippen LogP contribution in [0.25, 0.3) is 11.1 Å². The molecular formula is C36H42F3N5O6S. The van der Waals surface area contributed by atoms with Crippen molar-refractivity contribution in [1.29, 1.82) is 0 Å². The SMILES string of the molecule is CSCCC(NC(=O)c1ccc(-c2ccccc2)cc1)C(=O)NC(Cc1ccccc1)C(=O)NC(C)C(=O)NC(CCC(N)=O)C(O)C(F)(F)F. The average molecular weight is 730 g/mol. The van der Waals surface area contributed by atoms with Gasteiger partial charge in [0.2, 0.25) is 23.6 Å². The number of aliphatic hydroxyl groups is 1. The highest BCUT2D eigenvalue weighted by Crippen LogP contribution is 2.24. The maximum atomic E-state index is 13.7. The first-order valence-electron chi connectivity index (χ1n) is 16.1. The molecular weight excluding hydrogens is 687 g/mol. The molecule has 5 atom stereocenters. The van der Waals surface area contributed by atoms with Crippen LogP contribution in [0.5, 0.6) is 0 Å². The molecule has 0 aliphatic rings. The fraction of sp³-hybridized carbons (Fsp3) is 0.361. The standard InChI is InChI=1S/C36H42F3N5O6S/c1-22(32(47)42-27(17-18-30(40)45)31(46)36(37,38)39)41-35(50)29(21-23-9-5-3-6-10-23)44-34(49)28(19-20-51-2)43-33(48)26-15-13-25(14-16-26)24-11-7-4-8-12-24/h3-16,22,27-29,31,46H,17-21H2,1-2H3,(H2,40,45)(H,41,50)(H,42,47)(H,43,48)(H,44,49). The Hall–Kier alpha value is -4.89. The number of nitrogens with one attached hydrogen (secondary N) is 4. The van der Waals surface area contributed by atoms with Crippen molar-refractivity contribution in [2.75, 3.05) is 12.0 Å². The number of aliphatic hydroxyl groups excluding tert-OH is 1. The number of hydrogen-bond acceptors (Lipinski definition) is 7. The van der Waals surface area contributed by atoms with Crippen LogP contribution in [0.1, 0.15) is 42.1 Å². The van der Waals surface area contributed by atoms with Crippen LogP contribution in [-0.4, -0.2) is 83.1 Å². The largest absolute Gasteiger partial charge is 0.416 e. The molecule has 0 bridgehead atoms. The van der Waals surface area contributed by atoms with E-state index in [1.807, 2.05) is 41.9 Å². The van der Waals surface area contributed by atoms with E-state index >= 15 is 0 Å². The monoisotopic (exact) mass is 729 g/mol. The molecule has 0 aromatic heterocycles. The molecule has 15 heteroatoms. The third-order valence-corrected chi connectivity index (χ3v) is 8.54. The van der Waals surface area contributed by atoms with Crippen LogP contribution in [0.2, 0.25) is 0 Å². The van der Waals surface area contributed by atoms with Gasteiger partial charge in [-0.25, -0.2) is 0 Å². The zero-order chi connectivity index (χ0) is 37.6. The van der Waals surface area contributed by atoms with E-state index in [-0.39, 0.29) is 12.8 Å². The number of hydrogen-bond donors (Lipinski definition) is 6. The summed E-state index contributed by atoms with van der Waals surface area (Å²) >= 11 is 1.45. The van der Waals surface area contributed by atoms with E-state index in [2.05, 4.69) is 16.0 Å². The van der Waals surface area contributed by atoms with Crippen molar-refractivity contribution in [2.24, 2.45) is 5.73 Å². The van der Waals surface area contributed by atoms with Gasteiger partial charge in [-0.05, 0) is 60.6 Å². The predicted octanol–water partition coefficient (Wildman–Crippen LogP) is 3.11. The van der Waals surface area contributed by atoms with E-state index in [4.69, 9.17) is 5.73 Å². The minimum Gasteiger partial charge on any atom is -0.382 e. The van der Waals surface area contributed by atoms with Gasteiger partial charge in [-0.2, -0.15) is 24.9 Å².